The summed E-state index contributed by atoms with van der Waals surface area (Å²) < 4.78 is 5.33. The summed E-state index contributed by atoms with van der Waals surface area (Å²) in [5.74, 6) is 0.694. The normalized spacial score (nSPS) is 11.0. The maximum Gasteiger partial charge on any atom is 0.280 e. The zero-order chi connectivity index (χ0) is 18.7. The van der Waals surface area contributed by atoms with Crippen molar-refractivity contribution in [1.29, 1.82) is 0 Å². The number of benzene rings is 1. The first-order valence-corrected chi connectivity index (χ1v) is 8.14. The van der Waals surface area contributed by atoms with Gasteiger partial charge in [-0.05, 0) is 5.56 Å². The average Bonchev–Trinajstić information content (AvgIpc) is 3.11. The molecule has 8 nitrogen and oxygen atoms in total. The van der Waals surface area contributed by atoms with Gasteiger partial charge in [-0.2, -0.15) is 4.98 Å². The number of hydrogen-bond acceptors (Lipinski definition) is 7. The summed E-state index contributed by atoms with van der Waals surface area (Å²) in [4.78, 5) is 25.0. The highest BCUT2D eigenvalue weighted by atomic mass is 35.5. The summed E-state index contributed by atoms with van der Waals surface area (Å²) >= 11 is 0. The van der Waals surface area contributed by atoms with Crippen LogP contribution < -0.4 is 11.1 Å². The Hall–Kier alpha value is -2.84. The Morgan fingerprint density at radius 2 is 1.81 bits per heavy atom. The van der Waals surface area contributed by atoms with Crippen LogP contribution in [0.15, 0.2) is 41.2 Å². The van der Waals surface area contributed by atoms with Gasteiger partial charge in [0.05, 0.1) is 0 Å². The highest BCUT2D eigenvalue weighted by molar-refractivity contribution is 5.95. The zero-order valence-electron chi connectivity index (χ0n) is 15.3. The van der Waals surface area contributed by atoms with E-state index in [4.69, 9.17) is 10.3 Å². The Kier molecular flexibility index (Phi) is 6.24. The summed E-state index contributed by atoms with van der Waals surface area (Å²) in [6.45, 7) is 5.91. The summed E-state index contributed by atoms with van der Waals surface area (Å²) in [5, 5.41) is 6.75. The summed E-state index contributed by atoms with van der Waals surface area (Å²) in [7, 11) is 0. The molecule has 0 saturated heterocycles. The largest absolute Gasteiger partial charge is 0.332 e. The van der Waals surface area contributed by atoms with Crippen molar-refractivity contribution in [3.05, 3.63) is 42.2 Å². The van der Waals surface area contributed by atoms with Crippen molar-refractivity contribution >= 4 is 24.1 Å². The minimum Gasteiger partial charge on any atom is -0.332 e. The molecular formula is C18H21ClN6O2. The van der Waals surface area contributed by atoms with E-state index in [-0.39, 0.29) is 30.0 Å². The van der Waals surface area contributed by atoms with Gasteiger partial charge in [0, 0.05) is 29.9 Å². The Morgan fingerprint density at radius 1 is 1.15 bits per heavy atom. The number of aromatic nitrogens is 4. The topological polar surface area (TPSA) is 120 Å². The number of nitrogens with zero attached hydrogens (tertiary/aromatic N) is 4. The van der Waals surface area contributed by atoms with E-state index >= 15 is 0 Å². The molecule has 0 aliphatic carbocycles. The lowest BCUT2D eigenvalue weighted by Crippen LogP contribution is -2.28. The maximum absolute atomic E-state index is 12.2. The molecule has 0 saturated carbocycles. The van der Waals surface area contributed by atoms with E-state index in [9.17, 15) is 4.79 Å². The second-order valence-electron chi connectivity index (χ2n) is 6.78. The Balaban J connectivity index is 0.00000261. The number of carbonyl (C=O) groups excluding carboxylic acids is 1. The second-order valence-corrected chi connectivity index (χ2v) is 6.78. The van der Waals surface area contributed by atoms with Gasteiger partial charge in [-0.1, -0.05) is 50.2 Å². The number of carbonyl (C=O) groups is 1. The minimum atomic E-state index is -0.570. The van der Waals surface area contributed by atoms with Gasteiger partial charge in [-0.15, -0.1) is 12.4 Å². The molecule has 0 unspecified atom stereocenters. The van der Waals surface area contributed by atoms with Crippen LogP contribution in [0.3, 0.4) is 0 Å². The van der Waals surface area contributed by atoms with E-state index in [1.807, 2.05) is 45.0 Å². The molecule has 0 aliphatic rings. The van der Waals surface area contributed by atoms with Gasteiger partial charge in [0.15, 0.2) is 11.5 Å². The molecule has 27 heavy (non-hydrogen) atoms. The number of nitrogens with one attached hydrogen (secondary N) is 1. The summed E-state index contributed by atoms with van der Waals surface area (Å²) in [6.07, 6.45) is 2.99. The van der Waals surface area contributed by atoms with Crippen molar-refractivity contribution in [3.8, 4) is 23.0 Å². The lowest BCUT2D eigenvalue weighted by molar-refractivity contribution is -0.123. The molecule has 1 amide bonds. The third-order valence-corrected chi connectivity index (χ3v) is 3.69. The van der Waals surface area contributed by atoms with Crippen molar-refractivity contribution in [2.24, 2.45) is 11.1 Å². The maximum atomic E-state index is 12.2. The summed E-state index contributed by atoms with van der Waals surface area (Å²) in [6, 6.07) is 7.55. The van der Waals surface area contributed by atoms with Gasteiger partial charge in [0.25, 0.3) is 5.89 Å². The molecule has 1 aromatic carbocycles. The van der Waals surface area contributed by atoms with Crippen LogP contribution in [0.1, 0.15) is 26.3 Å². The van der Waals surface area contributed by atoms with E-state index < -0.39 is 5.41 Å². The molecule has 2 heterocycles. The molecule has 2 aromatic heterocycles. The molecule has 9 heteroatoms. The van der Waals surface area contributed by atoms with Crippen molar-refractivity contribution in [2.45, 2.75) is 27.3 Å². The predicted octanol–water partition coefficient (Wildman–Crippen LogP) is 3.06. The Morgan fingerprint density at radius 3 is 2.44 bits per heavy atom. The van der Waals surface area contributed by atoms with E-state index in [2.05, 4.69) is 25.4 Å². The lowest BCUT2D eigenvalue weighted by atomic mass is 9.96. The van der Waals surface area contributed by atoms with Crippen molar-refractivity contribution in [3.63, 3.8) is 0 Å². The number of amides is 1. The molecule has 3 aromatic rings. The highest BCUT2D eigenvalue weighted by Gasteiger charge is 2.24. The van der Waals surface area contributed by atoms with E-state index in [1.165, 1.54) is 12.4 Å². The van der Waals surface area contributed by atoms with E-state index in [0.29, 0.717) is 18.1 Å². The molecule has 3 N–H and O–H groups in total. The fourth-order valence-corrected chi connectivity index (χ4v) is 2.11. The zero-order valence-corrected chi connectivity index (χ0v) is 16.1. The van der Waals surface area contributed by atoms with Crippen molar-refractivity contribution < 1.29 is 9.32 Å². The smallest absolute Gasteiger partial charge is 0.280 e. The minimum absolute atomic E-state index is 0. The Bertz CT molecular complexity index is 918. The monoisotopic (exact) mass is 388 g/mol. The Labute approximate surface area is 163 Å². The van der Waals surface area contributed by atoms with Crippen LogP contribution in [0.4, 0.5) is 5.82 Å². The van der Waals surface area contributed by atoms with Crippen LogP contribution in [-0.2, 0) is 11.3 Å². The standard InChI is InChI=1S/C18H20N6O2.ClH/c1-18(2,3)17(25)23-15-13(20-8-9-21-15)16-22-14(24-26-16)12-6-4-11(10-19)5-7-12;/h4-9H,10,19H2,1-3H3,(H,21,23,25);1H. The molecular weight excluding hydrogens is 368 g/mol. The van der Waals surface area contributed by atoms with Crippen LogP contribution in [-0.4, -0.2) is 26.0 Å². The lowest BCUT2D eigenvalue weighted by Gasteiger charge is -2.17. The fourth-order valence-electron chi connectivity index (χ4n) is 2.11. The van der Waals surface area contributed by atoms with Crippen molar-refractivity contribution in [2.75, 3.05) is 5.32 Å². The van der Waals surface area contributed by atoms with Crippen LogP contribution >= 0.6 is 12.4 Å². The third-order valence-electron chi connectivity index (χ3n) is 3.69. The summed E-state index contributed by atoms with van der Waals surface area (Å²) in [5.41, 5.74) is 7.16. The molecule has 0 spiro atoms. The molecule has 0 radical (unpaired) electrons. The van der Waals surface area contributed by atoms with Gasteiger partial charge in [-0.3, -0.25) is 4.79 Å². The first-order valence-electron chi connectivity index (χ1n) is 8.14. The molecule has 0 aliphatic heterocycles. The quantitative estimate of drug-likeness (QED) is 0.704. The van der Waals surface area contributed by atoms with Crippen LogP contribution in [0.2, 0.25) is 0 Å². The van der Waals surface area contributed by atoms with E-state index in [0.717, 1.165) is 11.1 Å². The first-order chi connectivity index (χ1) is 12.4. The fraction of sp³-hybridized carbons (Fsp3) is 0.278. The predicted molar refractivity (Wildman–Crippen MR) is 104 cm³/mol. The molecule has 0 atom stereocenters. The molecule has 0 fully saturated rings. The van der Waals surface area contributed by atoms with Gasteiger partial charge in [0.1, 0.15) is 0 Å². The van der Waals surface area contributed by atoms with Gasteiger partial charge in [-0.25, -0.2) is 9.97 Å². The first kappa shape index (κ1) is 20.5. The second kappa shape index (κ2) is 8.24. The number of rotatable bonds is 4. The third kappa shape index (κ3) is 4.66. The number of halogens is 1. The van der Waals surface area contributed by atoms with Gasteiger partial charge in [0.2, 0.25) is 11.7 Å². The highest BCUT2D eigenvalue weighted by Crippen LogP contribution is 2.26. The molecule has 3 rings (SSSR count). The number of anilines is 1. The van der Waals surface area contributed by atoms with Crippen LogP contribution in [0.25, 0.3) is 23.0 Å². The molecule has 0 bridgehead atoms. The average molecular weight is 389 g/mol. The van der Waals surface area contributed by atoms with E-state index in [1.54, 1.807) is 0 Å². The number of nitrogens with two attached hydrogens (primary N) is 1. The number of hydrogen-bond donors (Lipinski definition) is 2. The van der Waals surface area contributed by atoms with Crippen molar-refractivity contribution in [1.82, 2.24) is 20.1 Å². The SMILES string of the molecule is CC(C)(C)C(=O)Nc1nccnc1-c1nc(-c2ccc(CN)cc2)no1.Cl. The van der Waals surface area contributed by atoms with Crippen LogP contribution in [0.5, 0.6) is 0 Å². The van der Waals surface area contributed by atoms with Gasteiger partial charge >= 0.3 is 0 Å². The van der Waals surface area contributed by atoms with Crippen LogP contribution in [0, 0.1) is 5.41 Å². The molecule has 142 valence electrons. The van der Waals surface area contributed by atoms with Gasteiger partial charge < -0.3 is 15.6 Å².